The zero-order chi connectivity index (χ0) is 38.3. The van der Waals surface area contributed by atoms with Crippen LogP contribution in [0.15, 0.2) is 0 Å². The number of hydrogen-bond donors (Lipinski definition) is 2. The first-order valence-electron chi connectivity index (χ1n) is 19.4. The molecule has 0 saturated carbocycles. The van der Waals surface area contributed by atoms with Crippen LogP contribution in [0.3, 0.4) is 0 Å². The van der Waals surface area contributed by atoms with Gasteiger partial charge in [0.05, 0.1) is 0 Å². The summed E-state index contributed by atoms with van der Waals surface area (Å²) < 4.78 is 36.5. The van der Waals surface area contributed by atoms with Gasteiger partial charge in [-0.25, -0.2) is 0 Å². The van der Waals surface area contributed by atoms with E-state index < -0.39 is 59.8 Å². The van der Waals surface area contributed by atoms with E-state index in [2.05, 4.69) is 81.9 Å². The molecule has 0 amide bonds. The summed E-state index contributed by atoms with van der Waals surface area (Å²) in [6.45, 7) is 27.9. The van der Waals surface area contributed by atoms with Crippen LogP contribution in [-0.2, 0) is 47.7 Å². The Labute approximate surface area is 384 Å². The Morgan fingerprint density at radius 3 is 2.10 bits per heavy atom. The fourth-order valence-corrected chi connectivity index (χ4v) is 13.7. The van der Waals surface area contributed by atoms with E-state index in [0.29, 0.717) is 24.1 Å². The van der Waals surface area contributed by atoms with Gasteiger partial charge in [0.2, 0.25) is 0 Å². The monoisotopic (exact) mass is 1170 g/mol. The normalized spacial score (nSPS) is 46.2. The summed E-state index contributed by atoms with van der Waals surface area (Å²) in [4.78, 5) is 14.3. The second-order valence-electron chi connectivity index (χ2n) is 18.7. The van der Waals surface area contributed by atoms with Gasteiger partial charge in [0.25, 0.3) is 0 Å². The SMILES string of the molecule is CC[C@H]1OC(=O)[C@H](C)[C@@H](O[C@H]2CC(C)(C)[C@@H]([Re])[C@H](C)O2)[C@H](C)[C@@H](O[C@@H]2O[C@H](C)C[C@H]([N](C)[Rb])[C@H]2O)C(C)(C)C[C@@H](C)[C@H]([RaH])[C@H](C)[C@@H](O)C1(C)C. The average Bonchev–Trinajstić information content (AvgIpc) is 3.01. The zero-order valence-corrected chi connectivity index (χ0v) is 50.1. The third-order valence-corrected chi connectivity index (χ3v) is 27.0. The van der Waals surface area contributed by atoms with Gasteiger partial charge in [-0.3, -0.25) is 0 Å². The first-order valence-corrected chi connectivity index (χ1v) is 27.9. The summed E-state index contributed by atoms with van der Waals surface area (Å²) in [6.07, 6.45) is -1.30. The standard InChI is InChI=1S/C38H68NO8.Ra.Rb.Re.H/c1-15-28-38(12,13)32(41)22(3)16-21(2)18-37(10,11)33(47-35-30(40)27(39-14)17-23(4)44-35)25(6)31(26(7)34(42)45-28)46-29-20-36(8,9)19-24(5)43-29;;;;/h16,19,21-33,35,40-41H,15,17-18,20H2,1-14H3;;;;/q-1;;+1;;/t21-,22-,23+,24-,25-,26+,27-,28+,29-,30+,31-,32+,33+,35-;;;;/m0..../s1. The van der Waals surface area contributed by atoms with Gasteiger partial charge in [0.15, 0.2) is 0 Å². The van der Waals surface area contributed by atoms with Crippen molar-refractivity contribution < 1.29 is 101 Å². The van der Waals surface area contributed by atoms with Crippen molar-refractivity contribution in [2.45, 2.75) is 182 Å². The molecule has 0 aromatic carbocycles. The van der Waals surface area contributed by atoms with Crippen LogP contribution in [-0.4, -0.2) is 139 Å². The fraction of sp³-hybridized carbons (Fsp3) is 0.974. The van der Waals surface area contributed by atoms with Crippen molar-refractivity contribution in [1.29, 1.82) is 0 Å². The Balaban J connectivity index is 2.17. The van der Waals surface area contributed by atoms with E-state index in [0.717, 1.165) is 12.8 Å². The number of cyclic esters (lactones) is 1. The predicted molar refractivity (Wildman–Crippen MR) is 189 cm³/mol. The minimum absolute atomic E-state index is 0.00742. The number of aliphatic hydroxyl groups is 2. The third-order valence-electron chi connectivity index (χ3n) is 13.0. The maximum atomic E-state index is 14.3. The number of nitrogens with zero attached hydrogens (tertiary/aromatic N) is 1. The van der Waals surface area contributed by atoms with Crippen molar-refractivity contribution in [3.8, 4) is 0 Å². The second-order valence-corrected chi connectivity index (χ2v) is 29.4. The minimum atomic E-state index is -0.807. The first-order chi connectivity index (χ1) is 22.9. The quantitative estimate of drug-likeness (QED) is 0.316. The molecule has 3 fully saturated rings. The summed E-state index contributed by atoms with van der Waals surface area (Å²) in [7, 11) is 2.08. The predicted octanol–water partition coefficient (Wildman–Crippen LogP) is 5.89. The molecule has 2 N–H and O–H groups in total. The van der Waals surface area contributed by atoms with Gasteiger partial charge in [0, 0.05) is 0 Å². The van der Waals surface area contributed by atoms with E-state index in [1.165, 1.54) is 0 Å². The van der Waals surface area contributed by atoms with Crippen molar-refractivity contribution in [2.24, 2.45) is 39.9 Å². The Hall–Kier alpha value is 3.13. The number of rotatable bonds is 6. The van der Waals surface area contributed by atoms with Crippen molar-refractivity contribution in [1.82, 2.24) is -1.36 Å². The molecule has 16 atom stereocenters. The third kappa shape index (κ3) is 11.2. The fourth-order valence-electron chi connectivity index (χ4n) is 9.43. The molecular weight excluding hydrogens is 1100 g/mol. The van der Waals surface area contributed by atoms with E-state index in [-0.39, 0.29) is 140 Å². The molecule has 0 aromatic heterocycles. The summed E-state index contributed by atoms with van der Waals surface area (Å²) >= 11 is 2.00. The van der Waals surface area contributed by atoms with Crippen LogP contribution in [0.4, 0.5) is 0 Å². The summed E-state index contributed by atoms with van der Waals surface area (Å²) in [5, 5.41) is 23.6. The van der Waals surface area contributed by atoms with Crippen molar-refractivity contribution in [2.75, 3.05) is 7.05 Å². The number of hydrogen-bond acceptors (Lipinski definition) is 9. The molecule has 9 nitrogen and oxygen atoms in total. The van der Waals surface area contributed by atoms with Crippen LogP contribution in [0.25, 0.3) is 0 Å². The summed E-state index contributed by atoms with van der Waals surface area (Å²) in [5.74, 6) is -0.861. The molecule has 50 heavy (non-hydrogen) atoms. The Bertz CT molecular complexity index is 1110. The van der Waals surface area contributed by atoms with Crippen molar-refractivity contribution >= 4 is 62.0 Å². The topological polar surface area (TPSA) is 107 Å². The molecule has 0 bridgehead atoms. The van der Waals surface area contributed by atoms with Gasteiger partial charge >= 0.3 is 391 Å². The van der Waals surface area contributed by atoms with Crippen molar-refractivity contribution in [3.63, 3.8) is 0 Å². The van der Waals surface area contributed by atoms with Crippen LogP contribution >= 0.6 is 0 Å². The Morgan fingerprint density at radius 2 is 1.56 bits per heavy atom. The Morgan fingerprint density at radius 1 is 0.960 bits per heavy atom. The summed E-state index contributed by atoms with van der Waals surface area (Å²) in [6, 6.07) is -0.0225. The van der Waals surface area contributed by atoms with Crippen LogP contribution < -0.4 is 0 Å². The first kappa shape index (κ1) is 47.5. The molecule has 0 unspecified atom stereocenters. The maximum absolute atomic E-state index is 14.3. The molecule has 0 aromatic rings. The van der Waals surface area contributed by atoms with E-state index in [1.54, 1.807) is 19.2 Å². The number of carbonyl (C=O) groups is 1. The Kier molecular flexibility index (Phi) is 18.3. The van der Waals surface area contributed by atoms with Gasteiger partial charge in [-0.1, -0.05) is 0 Å². The number of esters is 1. The van der Waals surface area contributed by atoms with Crippen LogP contribution in [0.5, 0.6) is 0 Å². The zero-order valence-electron chi connectivity index (χ0n) is 34.2. The van der Waals surface area contributed by atoms with E-state index in [9.17, 15) is 15.0 Å². The molecule has 3 rings (SSSR count). The van der Waals surface area contributed by atoms with Gasteiger partial charge in [-0.15, -0.1) is 0 Å². The second kappa shape index (κ2) is 19.3. The van der Waals surface area contributed by atoms with Gasteiger partial charge in [-0.2, -0.15) is 0 Å². The molecule has 0 aliphatic carbocycles. The molecule has 3 heterocycles. The average molecular weight is 1170 g/mol. The molecule has 0 spiro atoms. The molecule has 3 aliphatic heterocycles. The molecule has 284 valence electrons. The van der Waals surface area contributed by atoms with E-state index in [4.69, 9.17) is 23.7 Å². The number of ether oxygens (including phenoxy) is 5. The van der Waals surface area contributed by atoms with Crippen LogP contribution in [0.1, 0.15) is 116 Å². The van der Waals surface area contributed by atoms with Crippen molar-refractivity contribution in [3.05, 3.63) is 0 Å². The molecule has 0 radical (unpaired) electrons. The van der Waals surface area contributed by atoms with Gasteiger partial charge < -0.3 is 0 Å². The van der Waals surface area contributed by atoms with Gasteiger partial charge in [0.1, 0.15) is 0 Å². The number of likely N-dealkylation sites (N-methyl/N-ethyl adjacent to an activating group) is 1. The number of aliphatic hydroxyl groups excluding tert-OH is 2. The van der Waals surface area contributed by atoms with Crippen LogP contribution in [0, 0.1) is 82.7 Å². The van der Waals surface area contributed by atoms with E-state index in [1.807, 2.05) is 13.8 Å². The molecule has 3 aliphatic rings. The molecule has 3 saturated heterocycles. The molecule has 12 heteroatoms. The van der Waals surface area contributed by atoms with Crippen LogP contribution in [0.2, 0.25) is 5.35 Å². The molecular formula is C38H69NO8RaRbRe. The summed E-state index contributed by atoms with van der Waals surface area (Å²) in [5.41, 5.74) is -1.01. The van der Waals surface area contributed by atoms with Gasteiger partial charge in [-0.05, 0) is 0 Å². The van der Waals surface area contributed by atoms with E-state index >= 15 is 0 Å². The number of carbonyl (C=O) groups excluding carboxylic acids is 1.